The molecule has 0 aliphatic carbocycles. The summed E-state index contributed by atoms with van der Waals surface area (Å²) in [5.41, 5.74) is 9.75. The maximum atomic E-state index is 11.7. The van der Waals surface area contributed by atoms with Crippen molar-refractivity contribution in [3.05, 3.63) is 53.2 Å². The van der Waals surface area contributed by atoms with Gasteiger partial charge in [0.25, 0.3) is 0 Å². The molecule has 1 aromatic heterocycles. The SMILES string of the molecule is Cc1ccc(-c2c(C(N)=O)cccc2C(C)(C)C)nc1. The summed E-state index contributed by atoms with van der Waals surface area (Å²) in [4.78, 5) is 16.2. The monoisotopic (exact) mass is 268 g/mol. The maximum Gasteiger partial charge on any atom is 0.249 e. The minimum absolute atomic E-state index is 0.0899. The van der Waals surface area contributed by atoms with Crippen LogP contribution in [-0.2, 0) is 5.41 Å². The normalized spacial score (nSPS) is 11.4. The summed E-state index contributed by atoms with van der Waals surface area (Å²) in [6, 6.07) is 9.59. The lowest BCUT2D eigenvalue weighted by Crippen LogP contribution is -2.18. The van der Waals surface area contributed by atoms with Gasteiger partial charge >= 0.3 is 0 Å². The van der Waals surface area contributed by atoms with Crippen LogP contribution in [0.2, 0.25) is 0 Å². The van der Waals surface area contributed by atoms with Gasteiger partial charge in [-0.05, 0) is 35.6 Å². The van der Waals surface area contributed by atoms with Gasteiger partial charge in [-0.1, -0.05) is 39.0 Å². The predicted octanol–water partition coefficient (Wildman–Crippen LogP) is 3.45. The Kier molecular flexibility index (Phi) is 3.62. The fourth-order valence-corrected chi connectivity index (χ4v) is 2.27. The largest absolute Gasteiger partial charge is 0.366 e. The molecule has 0 aliphatic rings. The molecule has 3 nitrogen and oxygen atoms in total. The second kappa shape index (κ2) is 5.08. The minimum atomic E-state index is -0.423. The van der Waals surface area contributed by atoms with E-state index in [2.05, 4.69) is 25.8 Å². The Hall–Kier alpha value is -2.16. The summed E-state index contributed by atoms with van der Waals surface area (Å²) in [6.07, 6.45) is 1.81. The molecule has 3 heteroatoms. The van der Waals surface area contributed by atoms with Crippen LogP contribution in [0.3, 0.4) is 0 Å². The molecule has 2 N–H and O–H groups in total. The van der Waals surface area contributed by atoms with Crippen molar-refractivity contribution < 1.29 is 4.79 Å². The van der Waals surface area contributed by atoms with E-state index >= 15 is 0 Å². The summed E-state index contributed by atoms with van der Waals surface area (Å²) < 4.78 is 0. The molecule has 2 aromatic rings. The molecule has 1 amide bonds. The molecular weight excluding hydrogens is 248 g/mol. The highest BCUT2D eigenvalue weighted by Gasteiger charge is 2.23. The molecule has 0 atom stereocenters. The number of aryl methyl sites for hydroxylation is 1. The van der Waals surface area contributed by atoms with Gasteiger partial charge in [0.05, 0.1) is 5.69 Å². The summed E-state index contributed by atoms with van der Waals surface area (Å²) in [5.74, 6) is -0.423. The number of nitrogens with two attached hydrogens (primary N) is 1. The number of nitrogens with zero attached hydrogens (tertiary/aromatic N) is 1. The molecule has 104 valence electrons. The van der Waals surface area contributed by atoms with Crippen molar-refractivity contribution in [1.82, 2.24) is 4.98 Å². The molecule has 0 radical (unpaired) electrons. The van der Waals surface area contributed by atoms with Crippen molar-refractivity contribution in [1.29, 1.82) is 0 Å². The average Bonchev–Trinajstić information content (AvgIpc) is 2.37. The lowest BCUT2D eigenvalue weighted by Gasteiger charge is -2.24. The van der Waals surface area contributed by atoms with Crippen LogP contribution in [0.5, 0.6) is 0 Å². The molecule has 0 bridgehead atoms. The number of benzene rings is 1. The predicted molar refractivity (Wildman–Crippen MR) is 81.6 cm³/mol. The Morgan fingerprint density at radius 1 is 1.15 bits per heavy atom. The Balaban J connectivity index is 2.76. The first-order valence-electron chi connectivity index (χ1n) is 6.67. The van der Waals surface area contributed by atoms with Gasteiger partial charge in [0.2, 0.25) is 5.91 Å². The summed E-state index contributed by atoms with van der Waals surface area (Å²) >= 11 is 0. The van der Waals surface area contributed by atoms with Gasteiger partial charge in [-0.15, -0.1) is 0 Å². The zero-order valence-electron chi connectivity index (χ0n) is 12.4. The van der Waals surface area contributed by atoms with E-state index in [1.807, 2.05) is 31.2 Å². The number of hydrogen-bond donors (Lipinski definition) is 1. The van der Waals surface area contributed by atoms with Gasteiger partial charge in [-0.2, -0.15) is 0 Å². The Morgan fingerprint density at radius 3 is 2.35 bits per heavy atom. The first kappa shape index (κ1) is 14.3. The van der Waals surface area contributed by atoms with E-state index in [0.717, 1.165) is 22.4 Å². The second-order valence-corrected chi connectivity index (χ2v) is 6.06. The number of carbonyl (C=O) groups excluding carboxylic acids is 1. The molecule has 1 heterocycles. The second-order valence-electron chi connectivity index (χ2n) is 6.06. The standard InChI is InChI=1S/C17H20N2O/c1-11-8-9-14(19-10-11)15-12(16(18)20)6-5-7-13(15)17(2,3)4/h5-10H,1-4H3,(H2,18,20). The van der Waals surface area contributed by atoms with Crippen molar-refractivity contribution in [3.8, 4) is 11.3 Å². The highest BCUT2D eigenvalue weighted by atomic mass is 16.1. The topological polar surface area (TPSA) is 56.0 Å². The lowest BCUT2D eigenvalue weighted by molar-refractivity contribution is 0.100. The van der Waals surface area contributed by atoms with E-state index in [1.165, 1.54) is 0 Å². The van der Waals surface area contributed by atoms with Crippen molar-refractivity contribution in [2.75, 3.05) is 0 Å². The van der Waals surface area contributed by atoms with Crippen molar-refractivity contribution >= 4 is 5.91 Å². The van der Waals surface area contributed by atoms with E-state index in [4.69, 9.17) is 5.73 Å². The first-order valence-corrected chi connectivity index (χ1v) is 6.67. The third-order valence-electron chi connectivity index (χ3n) is 3.31. The Bertz CT molecular complexity index is 637. The number of hydrogen-bond acceptors (Lipinski definition) is 2. The van der Waals surface area contributed by atoms with E-state index in [1.54, 1.807) is 12.3 Å². The molecule has 1 aromatic carbocycles. The van der Waals surface area contributed by atoms with Crippen molar-refractivity contribution in [3.63, 3.8) is 0 Å². The minimum Gasteiger partial charge on any atom is -0.366 e. The van der Waals surface area contributed by atoms with Crippen LogP contribution in [0.1, 0.15) is 42.3 Å². The van der Waals surface area contributed by atoms with Gasteiger partial charge in [-0.3, -0.25) is 9.78 Å². The van der Waals surface area contributed by atoms with E-state index in [-0.39, 0.29) is 5.41 Å². The summed E-state index contributed by atoms with van der Waals surface area (Å²) in [6.45, 7) is 8.34. The van der Waals surface area contributed by atoms with Crippen molar-refractivity contribution in [2.24, 2.45) is 5.73 Å². The molecule has 0 spiro atoms. The van der Waals surface area contributed by atoms with E-state index in [9.17, 15) is 4.79 Å². The number of carbonyl (C=O) groups is 1. The van der Waals surface area contributed by atoms with Gasteiger partial charge in [0.1, 0.15) is 0 Å². The highest BCUT2D eigenvalue weighted by Crippen LogP contribution is 2.34. The average molecular weight is 268 g/mol. The van der Waals surface area contributed by atoms with Crippen LogP contribution < -0.4 is 5.73 Å². The Morgan fingerprint density at radius 2 is 1.85 bits per heavy atom. The fraction of sp³-hybridized carbons (Fsp3) is 0.294. The Labute approximate surface area is 119 Å². The number of aromatic nitrogens is 1. The van der Waals surface area contributed by atoms with Gasteiger partial charge in [0.15, 0.2) is 0 Å². The van der Waals surface area contributed by atoms with Gasteiger partial charge in [-0.25, -0.2) is 0 Å². The first-order chi connectivity index (χ1) is 9.30. The van der Waals surface area contributed by atoms with Crippen LogP contribution in [-0.4, -0.2) is 10.9 Å². The van der Waals surface area contributed by atoms with Crippen LogP contribution >= 0.6 is 0 Å². The van der Waals surface area contributed by atoms with E-state index in [0.29, 0.717) is 5.56 Å². The number of rotatable bonds is 2. The molecule has 0 saturated heterocycles. The van der Waals surface area contributed by atoms with E-state index < -0.39 is 5.91 Å². The number of primary amides is 1. The molecule has 0 fully saturated rings. The molecule has 0 aliphatic heterocycles. The molecule has 0 saturated carbocycles. The van der Waals surface area contributed by atoms with Crippen LogP contribution in [0.25, 0.3) is 11.3 Å². The number of pyridine rings is 1. The van der Waals surface area contributed by atoms with Crippen LogP contribution in [0.4, 0.5) is 0 Å². The van der Waals surface area contributed by atoms with Crippen LogP contribution in [0, 0.1) is 6.92 Å². The smallest absolute Gasteiger partial charge is 0.249 e. The van der Waals surface area contributed by atoms with Crippen molar-refractivity contribution in [2.45, 2.75) is 33.1 Å². The fourth-order valence-electron chi connectivity index (χ4n) is 2.27. The number of amides is 1. The third kappa shape index (κ3) is 2.72. The molecule has 0 unspecified atom stereocenters. The zero-order chi connectivity index (χ0) is 14.9. The maximum absolute atomic E-state index is 11.7. The lowest BCUT2D eigenvalue weighted by atomic mass is 9.81. The summed E-state index contributed by atoms with van der Waals surface area (Å²) in [5, 5.41) is 0. The van der Waals surface area contributed by atoms with Crippen LogP contribution in [0.15, 0.2) is 36.5 Å². The quantitative estimate of drug-likeness (QED) is 0.906. The zero-order valence-corrected chi connectivity index (χ0v) is 12.4. The molecular formula is C17H20N2O. The van der Waals surface area contributed by atoms with Gasteiger partial charge in [0, 0.05) is 17.3 Å². The summed E-state index contributed by atoms with van der Waals surface area (Å²) in [7, 11) is 0. The highest BCUT2D eigenvalue weighted by molar-refractivity contribution is 6.00. The molecule has 2 rings (SSSR count). The molecule has 20 heavy (non-hydrogen) atoms. The third-order valence-corrected chi connectivity index (χ3v) is 3.31. The van der Waals surface area contributed by atoms with Gasteiger partial charge < -0.3 is 5.73 Å².